The third-order valence-electron chi connectivity index (χ3n) is 5.22. The molecule has 3 aromatic rings. The number of halogens is 4. The van der Waals surface area contributed by atoms with E-state index in [9.17, 15) is 4.79 Å². The normalized spacial score (nSPS) is 15.5. The van der Waals surface area contributed by atoms with E-state index < -0.39 is 0 Å². The lowest BCUT2D eigenvalue weighted by Gasteiger charge is -2.14. The van der Waals surface area contributed by atoms with Gasteiger partial charge in [0.2, 0.25) is 0 Å². The molecule has 3 aromatic carbocycles. The Hall–Kier alpha value is -1.72. The number of carbonyl (C=O) groups is 1. The number of aryl methyl sites for hydroxylation is 2. The maximum atomic E-state index is 12.6. The first-order chi connectivity index (χ1) is 17.1. The van der Waals surface area contributed by atoms with Gasteiger partial charge >= 0.3 is 0 Å². The van der Waals surface area contributed by atoms with Crippen LogP contribution in [0.25, 0.3) is 6.08 Å². The molecule has 0 spiro atoms. The average molecular weight is 718 g/mol. The third-order valence-corrected chi connectivity index (χ3v) is 8.92. The monoisotopic (exact) mass is 716 g/mol. The standard InChI is InChI=1S/C26H20BrCl2IN2O3S/c1-13-6-17(7-14(2)23(13)27)31-26-32-25(33)22(36-26)11-16-9-20(30)24(21(10-16)34-3)35-12-15-4-5-18(28)19(29)8-15/h4-11H,12H2,1-3H3,(H,31,32,33)/b22-11-. The lowest BCUT2D eigenvalue weighted by Crippen LogP contribution is -2.19. The van der Waals surface area contributed by atoms with E-state index in [1.54, 1.807) is 19.2 Å². The minimum atomic E-state index is -0.196. The maximum absolute atomic E-state index is 12.6. The summed E-state index contributed by atoms with van der Waals surface area (Å²) in [5.74, 6) is 0.975. The van der Waals surface area contributed by atoms with Crippen LogP contribution >= 0.6 is 73.5 Å². The van der Waals surface area contributed by atoms with Crippen molar-refractivity contribution in [3.05, 3.63) is 87.7 Å². The molecule has 5 nitrogen and oxygen atoms in total. The van der Waals surface area contributed by atoms with Crippen molar-refractivity contribution in [2.24, 2.45) is 4.99 Å². The summed E-state index contributed by atoms with van der Waals surface area (Å²) in [6, 6.07) is 13.1. The molecule has 0 aromatic heterocycles. The van der Waals surface area contributed by atoms with Crippen molar-refractivity contribution in [1.29, 1.82) is 0 Å². The fraction of sp³-hybridized carbons (Fsp3) is 0.154. The Morgan fingerprint density at radius 2 is 1.83 bits per heavy atom. The number of methoxy groups -OCH3 is 1. The summed E-state index contributed by atoms with van der Waals surface area (Å²) < 4.78 is 13.5. The van der Waals surface area contributed by atoms with Crippen LogP contribution in [-0.2, 0) is 11.4 Å². The minimum absolute atomic E-state index is 0.196. The number of rotatable bonds is 6. The van der Waals surface area contributed by atoms with Crippen molar-refractivity contribution >= 4 is 96.3 Å². The predicted molar refractivity (Wildman–Crippen MR) is 161 cm³/mol. The van der Waals surface area contributed by atoms with Gasteiger partial charge in [-0.2, -0.15) is 0 Å². The molecule has 1 N–H and O–H groups in total. The van der Waals surface area contributed by atoms with Crippen LogP contribution in [0.1, 0.15) is 22.3 Å². The van der Waals surface area contributed by atoms with Gasteiger partial charge in [0.25, 0.3) is 5.91 Å². The van der Waals surface area contributed by atoms with Gasteiger partial charge in [-0.15, -0.1) is 0 Å². The second-order valence-corrected chi connectivity index (χ2v) is 11.7. The molecule has 0 radical (unpaired) electrons. The molecule has 10 heteroatoms. The Balaban J connectivity index is 1.54. The Bertz CT molecular complexity index is 1410. The molecule has 36 heavy (non-hydrogen) atoms. The van der Waals surface area contributed by atoms with Crippen LogP contribution in [0.4, 0.5) is 5.69 Å². The molecule has 186 valence electrons. The number of thioether (sulfide) groups is 1. The van der Waals surface area contributed by atoms with Gasteiger partial charge in [0, 0.05) is 4.47 Å². The van der Waals surface area contributed by atoms with Crippen LogP contribution in [0.2, 0.25) is 10.0 Å². The second kappa shape index (κ2) is 11.8. The van der Waals surface area contributed by atoms with E-state index in [0.29, 0.717) is 38.2 Å². The van der Waals surface area contributed by atoms with E-state index in [0.717, 1.165) is 36.0 Å². The number of amidine groups is 1. The van der Waals surface area contributed by atoms with E-state index in [-0.39, 0.29) is 5.91 Å². The van der Waals surface area contributed by atoms with Crippen molar-refractivity contribution in [2.45, 2.75) is 20.5 Å². The number of hydrogen-bond donors (Lipinski definition) is 1. The Morgan fingerprint density at radius 3 is 2.50 bits per heavy atom. The highest BCUT2D eigenvalue weighted by atomic mass is 127. The molecule has 0 unspecified atom stereocenters. The Morgan fingerprint density at radius 1 is 1.11 bits per heavy atom. The van der Waals surface area contributed by atoms with E-state index in [1.807, 2.05) is 50.3 Å². The summed E-state index contributed by atoms with van der Waals surface area (Å²) in [6.07, 6.45) is 1.81. The lowest BCUT2D eigenvalue weighted by molar-refractivity contribution is -0.115. The van der Waals surface area contributed by atoms with Crippen molar-refractivity contribution in [2.75, 3.05) is 7.11 Å². The van der Waals surface area contributed by atoms with Crippen molar-refractivity contribution < 1.29 is 14.3 Å². The molecule has 1 aliphatic rings. The molecule has 4 rings (SSSR count). The zero-order valence-corrected chi connectivity index (χ0v) is 25.5. The number of nitrogens with one attached hydrogen (secondary N) is 1. The molecule has 1 amide bonds. The van der Waals surface area contributed by atoms with Crippen molar-refractivity contribution in [1.82, 2.24) is 5.32 Å². The summed E-state index contributed by atoms with van der Waals surface area (Å²) in [4.78, 5) is 17.8. The van der Waals surface area contributed by atoms with Gasteiger partial charge < -0.3 is 14.8 Å². The molecule has 0 aliphatic carbocycles. The van der Waals surface area contributed by atoms with E-state index in [4.69, 9.17) is 32.7 Å². The average Bonchev–Trinajstić information content (AvgIpc) is 3.16. The van der Waals surface area contributed by atoms with Gasteiger partial charge in [0.05, 0.1) is 31.3 Å². The first-order valence-corrected chi connectivity index (χ1v) is 14.1. The number of aliphatic imine (C=N–C) groups is 1. The summed E-state index contributed by atoms with van der Waals surface area (Å²) >= 11 is 19.2. The lowest BCUT2D eigenvalue weighted by atomic mass is 10.1. The molecule has 1 fully saturated rings. The number of amides is 1. The van der Waals surface area contributed by atoms with Crippen LogP contribution in [0, 0.1) is 17.4 Å². The summed E-state index contributed by atoms with van der Waals surface area (Å²) in [5.41, 5.74) is 4.66. The quantitative estimate of drug-likeness (QED) is 0.205. The molecule has 1 saturated heterocycles. The van der Waals surface area contributed by atoms with Crippen LogP contribution in [0.5, 0.6) is 11.5 Å². The molecule has 0 atom stereocenters. The van der Waals surface area contributed by atoms with Crippen LogP contribution < -0.4 is 14.8 Å². The molecule has 0 bridgehead atoms. The summed E-state index contributed by atoms with van der Waals surface area (Å²) in [6.45, 7) is 4.33. The Kier molecular flexibility index (Phi) is 8.93. The van der Waals surface area contributed by atoms with E-state index in [2.05, 4.69) is 48.8 Å². The molecular weight excluding hydrogens is 698 g/mol. The van der Waals surface area contributed by atoms with Crippen LogP contribution in [0.15, 0.2) is 56.8 Å². The van der Waals surface area contributed by atoms with Crippen molar-refractivity contribution in [3.8, 4) is 11.5 Å². The second-order valence-electron chi connectivity index (χ2n) is 7.95. The predicted octanol–water partition coefficient (Wildman–Crippen LogP) is 8.46. The molecule has 0 saturated carbocycles. The molecular formula is C26H20BrCl2IN2O3S. The SMILES string of the molecule is COc1cc(/C=C2\SC(=Nc3cc(C)c(Br)c(C)c3)NC2=O)cc(I)c1OCc1ccc(Cl)c(Cl)c1. The largest absolute Gasteiger partial charge is 0.493 e. The number of carbonyl (C=O) groups excluding carboxylic acids is 1. The highest BCUT2D eigenvalue weighted by molar-refractivity contribution is 14.1. The van der Waals surface area contributed by atoms with Gasteiger partial charge in [-0.25, -0.2) is 4.99 Å². The van der Waals surface area contributed by atoms with Crippen molar-refractivity contribution in [3.63, 3.8) is 0 Å². The smallest absolute Gasteiger partial charge is 0.264 e. The van der Waals surface area contributed by atoms with E-state index in [1.165, 1.54) is 11.8 Å². The maximum Gasteiger partial charge on any atom is 0.264 e. The van der Waals surface area contributed by atoms with Gasteiger partial charge in [0.15, 0.2) is 16.7 Å². The van der Waals surface area contributed by atoms with E-state index >= 15 is 0 Å². The number of hydrogen-bond acceptors (Lipinski definition) is 5. The summed E-state index contributed by atoms with van der Waals surface area (Å²) in [7, 11) is 1.58. The van der Waals surface area contributed by atoms with Gasteiger partial charge in [-0.1, -0.05) is 45.2 Å². The van der Waals surface area contributed by atoms with Gasteiger partial charge in [-0.3, -0.25) is 4.79 Å². The summed E-state index contributed by atoms with van der Waals surface area (Å²) in [5, 5.41) is 4.35. The number of ether oxygens (including phenoxy) is 2. The minimum Gasteiger partial charge on any atom is -0.493 e. The topological polar surface area (TPSA) is 59.9 Å². The van der Waals surface area contributed by atoms with Gasteiger partial charge in [0.1, 0.15) is 6.61 Å². The molecule has 1 heterocycles. The zero-order valence-electron chi connectivity index (χ0n) is 19.4. The van der Waals surface area contributed by atoms with Crippen LogP contribution in [-0.4, -0.2) is 18.2 Å². The van der Waals surface area contributed by atoms with Gasteiger partial charge in [-0.05, 0) is 113 Å². The number of benzene rings is 3. The fourth-order valence-corrected chi connectivity index (χ4v) is 5.66. The highest BCUT2D eigenvalue weighted by Gasteiger charge is 2.24. The number of nitrogens with zero attached hydrogens (tertiary/aromatic N) is 1. The fourth-order valence-electron chi connectivity index (χ4n) is 3.48. The highest BCUT2D eigenvalue weighted by Crippen LogP contribution is 2.37. The zero-order chi connectivity index (χ0) is 26.0. The Labute approximate surface area is 245 Å². The third kappa shape index (κ3) is 6.39. The first-order valence-electron chi connectivity index (χ1n) is 10.6. The van der Waals surface area contributed by atoms with Crippen LogP contribution in [0.3, 0.4) is 0 Å². The first kappa shape index (κ1) is 27.3. The molecule has 1 aliphatic heterocycles.